The topological polar surface area (TPSA) is 83.7 Å². The summed E-state index contributed by atoms with van der Waals surface area (Å²) in [5, 5.41) is 20.5. The van der Waals surface area contributed by atoms with Gasteiger partial charge in [0.05, 0.1) is 21.6 Å². The van der Waals surface area contributed by atoms with E-state index in [1.54, 1.807) is 7.05 Å². The number of nitro groups is 1. The first kappa shape index (κ1) is 15.7. The Hall–Kier alpha value is -1.66. The van der Waals surface area contributed by atoms with Gasteiger partial charge in [0.2, 0.25) is 0 Å². The van der Waals surface area contributed by atoms with Crippen molar-refractivity contribution in [1.29, 1.82) is 0 Å². The molecule has 0 radical (unpaired) electrons. The quantitative estimate of drug-likeness (QED) is 0.684. The van der Waals surface area contributed by atoms with Gasteiger partial charge in [-0.15, -0.1) is 0 Å². The van der Waals surface area contributed by atoms with E-state index in [0.717, 1.165) is 19.3 Å². The molecule has 0 bridgehead atoms. The van der Waals surface area contributed by atoms with Crippen molar-refractivity contribution in [2.75, 3.05) is 13.6 Å². The maximum atomic E-state index is 12.3. The Morgan fingerprint density at radius 2 is 2.24 bits per heavy atom. The van der Waals surface area contributed by atoms with Gasteiger partial charge in [-0.25, -0.2) is 0 Å². The third kappa shape index (κ3) is 3.51. The van der Waals surface area contributed by atoms with Crippen molar-refractivity contribution in [3.8, 4) is 0 Å². The van der Waals surface area contributed by atoms with Crippen LogP contribution >= 0.6 is 11.6 Å². The molecule has 2 unspecified atom stereocenters. The van der Waals surface area contributed by atoms with Crippen LogP contribution in [-0.4, -0.2) is 40.5 Å². The molecule has 21 heavy (non-hydrogen) atoms. The Morgan fingerprint density at radius 1 is 1.52 bits per heavy atom. The number of aliphatic hydroxyl groups is 1. The number of hydrogen-bond donors (Lipinski definition) is 1. The molecule has 1 aromatic carbocycles. The van der Waals surface area contributed by atoms with Gasteiger partial charge in [0.1, 0.15) is 0 Å². The second-order valence-corrected chi connectivity index (χ2v) is 5.77. The number of amides is 1. The van der Waals surface area contributed by atoms with Crippen molar-refractivity contribution in [3.63, 3.8) is 0 Å². The van der Waals surface area contributed by atoms with Crippen LogP contribution in [0, 0.1) is 16.0 Å². The number of halogens is 1. The van der Waals surface area contributed by atoms with Gasteiger partial charge in [0, 0.05) is 31.6 Å². The van der Waals surface area contributed by atoms with Crippen molar-refractivity contribution >= 4 is 23.2 Å². The van der Waals surface area contributed by atoms with Gasteiger partial charge in [-0.1, -0.05) is 18.0 Å². The van der Waals surface area contributed by atoms with E-state index >= 15 is 0 Å². The number of benzene rings is 1. The highest BCUT2D eigenvalue weighted by Gasteiger charge is 2.28. The second-order valence-electron chi connectivity index (χ2n) is 5.37. The van der Waals surface area contributed by atoms with E-state index in [0.29, 0.717) is 6.54 Å². The zero-order chi connectivity index (χ0) is 15.6. The molecule has 0 heterocycles. The lowest BCUT2D eigenvalue weighted by atomic mass is 10.1. The van der Waals surface area contributed by atoms with Gasteiger partial charge in [0.25, 0.3) is 11.6 Å². The third-order valence-electron chi connectivity index (χ3n) is 3.87. The van der Waals surface area contributed by atoms with Crippen LogP contribution in [0.3, 0.4) is 0 Å². The van der Waals surface area contributed by atoms with E-state index in [1.807, 2.05) is 0 Å². The first-order valence-electron chi connectivity index (χ1n) is 6.77. The molecule has 1 saturated carbocycles. The van der Waals surface area contributed by atoms with Crippen molar-refractivity contribution in [1.82, 2.24) is 4.90 Å². The predicted octanol–water partition coefficient (Wildman–Crippen LogP) is 2.48. The van der Waals surface area contributed by atoms with Gasteiger partial charge in [-0.3, -0.25) is 14.9 Å². The molecule has 2 atom stereocenters. The van der Waals surface area contributed by atoms with Crippen LogP contribution in [0.1, 0.15) is 29.6 Å². The van der Waals surface area contributed by atoms with Crippen LogP contribution < -0.4 is 0 Å². The number of nitro benzene ring substituents is 1. The molecular weight excluding hydrogens is 296 g/mol. The zero-order valence-electron chi connectivity index (χ0n) is 11.7. The van der Waals surface area contributed by atoms with Crippen LogP contribution in [0.25, 0.3) is 0 Å². The molecular formula is C14H17ClN2O4. The predicted molar refractivity (Wildman–Crippen MR) is 78.4 cm³/mol. The fourth-order valence-electron chi connectivity index (χ4n) is 2.66. The Labute approximate surface area is 127 Å². The minimum absolute atomic E-state index is 0.0630. The second kappa shape index (κ2) is 6.41. The minimum Gasteiger partial charge on any atom is -0.393 e. The molecule has 0 saturated heterocycles. The summed E-state index contributed by atoms with van der Waals surface area (Å²) in [5.41, 5.74) is 0.0858. The summed E-state index contributed by atoms with van der Waals surface area (Å²) in [6, 6.07) is 3.80. The lowest BCUT2D eigenvalue weighted by molar-refractivity contribution is -0.384. The monoisotopic (exact) mass is 312 g/mol. The molecule has 1 N–H and O–H groups in total. The van der Waals surface area contributed by atoms with E-state index in [1.165, 1.54) is 23.1 Å². The lowest BCUT2D eigenvalue weighted by Crippen LogP contribution is -2.34. The smallest absolute Gasteiger partial charge is 0.270 e. The van der Waals surface area contributed by atoms with Gasteiger partial charge >= 0.3 is 0 Å². The summed E-state index contributed by atoms with van der Waals surface area (Å²) in [4.78, 5) is 23.9. The molecule has 6 nitrogen and oxygen atoms in total. The van der Waals surface area contributed by atoms with Crippen LogP contribution in [0.15, 0.2) is 18.2 Å². The highest BCUT2D eigenvalue weighted by Crippen LogP contribution is 2.28. The summed E-state index contributed by atoms with van der Waals surface area (Å²) in [5.74, 6) is -0.218. The maximum Gasteiger partial charge on any atom is 0.270 e. The molecule has 0 aromatic heterocycles. The molecule has 1 fully saturated rings. The normalized spacial score (nSPS) is 21.3. The van der Waals surface area contributed by atoms with Crippen molar-refractivity contribution < 1.29 is 14.8 Å². The highest BCUT2D eigenvalue weighted by atomic mass is 35.5. The number of rotatable bonds is 4. The molecule has 0 aliphatic heterocycles. The van der Waals surface area contributed by atoms with E-state index in [2.05, 4.69) is 0 Å². The fourth-order valence-corrected chi connectivity index (χ4v) is 2.92. The number of carbonyl (C=O) groups excluding carboxylic acids is 1. The molecule has 1 amide bonds. The summed E-state index contributed by atoms with van der Waals surface area (Å²) >= 11 is 5.96. The van der Waals surface area contributed by atoms with E-state index in [4.69, 9.17) is 11.6 Å². The maximum absolute atomic E-state index is 12.3. The molecule has 2 rings (SSSR count). The Morgan fingerprint density at radius 3 is 2.76 bits per heavy atom. The number of aliphatic hydroxyl groups excluding tert-OH is 1. The van der Waals surface area contributed by atoms with E-state index < -0.39 is 4.92 Å². The summed E-state index contributed by atoms with van der Waals surface area (Å²) < 4.78 is 0. The number of non-ortho nitro benzene ring substituents is 1. The zero-order valence-corrected chi connectivity index (χ0v) is 12.4. The summed E-state index contributed by atoms with van der Waals surface area (Å²) in [6.07, 6.45) is 2.26. The SMILES string of the molecule is CN(CC1CCCC1O)C(=O)c1ccc([N+](=O)[O-])cc1Cl. The average Bonchev–Trinajstić information content (AvgIpc) is 2.83. The van der Waals surface area contributed by atoms with Crippen LogP contribution in [0.4, 0.5) is 5.69 Å². The number of carbonyl (C=O) groups is 1. The standard InChI is InChI=1S/C14H17ClN2O4/c1-16(8-9-3-2-4-13(9)18)14(19)11-6-5-10(17(20)21)7-12(11)15/h5-7,9,13,18H,2-4,8H2,1H3. The van der Waals surface area contributed by atoms with Crippen molar-refractivity contribution in [3.05, 3.63) is 38.9 Å². The van der Waals surface area contributed by atoms with Crippen molar-refractivity contribution in [2.24, 2.45) is 5.92 Å². The summed E-state index contributed by atoms with van der Waals surface area (Å²) in [7, 11) is 1.64. The van der Waals surface area contributed by atoms with Crippen LogP contribution in [-0.2, 0) is 0 Å². The van der Waals surface area contributed by atoms with Crippen LogP contribution in [0.5, 0.6) is 0 Å². The van der Waals surface area contributed by atoms with E-state index in [-0.39, 0.29) is 34.2 Å². The van der Waals surface area contributed by atoms with Crippen molar-refractivity contribution in [2.45, 2.75) is 25.4 Å². The molecule has 1 aliphatic carbocycles. The van der Waals surface area contributed by atoms with Gasteiger partial charge < -0.3 is 10.0 Å². The van der Waals surface area contributed by atoms with Crippen LogP contribution in [0.2, 0.25) is 5.02 Å². The number of hydrogen-bond acceptors (Lipinski definition) is 4. The fraction of sp³-hybridized carbons (Fsp3) is 0.500. The Bertz CT molecular complexity index is 564. The minimum atomic E-state index is -0.557. The Kier molecular flexibility index (Phi) is 4.80. The molecule has 1 aliphatic rings. The molecule has 114 valence electrons. The molecule has 1 aromatic rings. The lowest BCUT2D eigenvalue weighted by Gasteiger charge is -2.23. The number of nitrogens with zero attached hydrogens (tertiary/aromatic N) is 2. The highest BCUT2D eigenvalue weighted by molar-refractivity contribution is 6.34. The van der Waals surface area contributed by atoms with Gasteiger partial charge in [-0.2, -0.15) is 0 Å². The van der Waals surface area contributed by atoms with E-state index in [9.17, 15) is 20.0 Å². The molecule has 7 heteroatoms. The summed E-state index contributed by atoms with van der Waals surface area (Å²) in [6.45, 7) is 0.452. The largest absolute Gasteiger partial charge is 0.393 e. The first-order valence-corrected chi connectivity index (χ1v) is 7.15. The third-order valence-corrected chi connectivity index (χ3v) is 4.18. The first-order chi connectivity index (χ1) is 9.90. The average molecular weight is 313 g/mol. The van der Waals surface area contributed by atoms with Gasteiger partial charge in [0.15, 0.2) is 0 Å². The molecule has 0 spiro atoms. The Balaban J connectivity index is 2.10. The van der Waals surface area contributed by atoms with Gasteiger partial charge in [-0.05, 0) is 18.9 Å².